The number of imide groups is 1. The highest BCUT2D eigenvalue weighted by Gasteiger charge is 2.26. The van der Waals surface area contributed by atoms with E-state index in [1.165, 1.54) is 6.08 Å². The molecular weight excluding hydrogens is 352 g/mol. The molecule has 0 aromatic carbocycles. The summed E-state index contributed by atoms with van der Waals surface area (Å²) in [6, 6.07) is 0.0839. The van der Waals surface area contributed by atoms with E-state index in [1.807, 2.05) is 0 Å². The maximum atomic E-state index is 11.8. The molecule has 0 spiro atoms. The summed E-state index contributed by atoms with van der Waals surface area (Å²) in [5.41, 5.74) is 1.22. The van der Waals surface area contributed by atoms with Crippen LogP contribution in [0.4, 0.5) is 10.7 Å². The van der Waals surface area contributed by atoms with Crippen molar-refractivity contribution < 1.29 is 14.3 Å². The van der Waals surface area contributed by atoms with Crippen molar-refractivity contribution in [2.24, 2.45) is 0 Å². The molecule has 2 aliphatic heterocycles. The van der Waals surface area contributed by atoms with Gasteiger partial charge in [-0.25, -0.2) is 4.79 Å². The van der Waals surface area contributed by atoms with Crippen LogP contribution in [0.5, 0.6) is 6.01 Å². The summed E-state index contributed by atoms with van der Waals surface area (Å²) in [4.78, 5) is 32.1. The summed E-state index contributed by atoms with van der Waals surface area (Å²) in [7, 11) is 0. The zero-order valence-corrected chi connectivity index (χ0v) is 14.4. The Bertz CT molecular complexity index is 958. The number of aromatic nitrogens is 4. The summed E-state index contributed by atoms with van der Waals surface area (Å²) in [6.45, 7) is 1.65. The van der Waals surface area contributed by atoms with E-state index in [1.54, 1.807) is 10.7 Å². The van der Waals surface area contributed by atoms with Gasteiger partial charge in [-0.3, -0.25) is 10.1 Å². The third-order valence-electron chi connectivity index (χ3n) is 4.59. The molecule has 11 heteroatoms. The molecular formula is C16H18N8O3. The van der Waals surface area contributed by atoms with Crippen molar-refractivity contribution in [2.75, 3.05) is 18.4 Å². The second-order valence-electron chi connectivity index (χ2n) is 6.78. The number of nitrogens with one attached hydrogen (secondary N) is 4. The maximum Gasteiger partial charge on any atom is 0.326 e. The van der Waals surface area contributed by atoms with Crippen LogP contribution in [0, 0.1) is 0 Å². The minimum atomic E-state index is -0.550. The van der Waals surface area contributed by atoms with Crippen molar-refractivity contribution in [1.82, 2.24) is 35.5 Å². The van der Waals surface area contributed by atoms with E-state index in [0.29, 0.717) is 23.2 Å². The van der Waals surface area contributed by atoms with Crippen molar-refractivity contribution in [3.8, 4) is 6.01 Å². The zero-order valence-electron chi connectivity index (χ0n) is 14.4. The number of nitrogens with zero attached hydrogens (tertiary/aromatic N) is 4. The van der Waals surface area contributed by atoms with Gasteiger partial charge >= 0.3 is 12.0 Å². The quantitative estimate of drug-likeness (QED) is 0.413. The van der Waals surface area contributed by atoms with Gasteiger partial charge in [0.2, 0.25) is 5.95 Å². The van der Waals surface area contributed by atoms with Gasteiger partial charge in [-0.15, -0.1) is 0 Å². The van der Waals surface area contributed by atoms with E-state index in [4.69, 9.17) is 4.74 Å². The third-order valence-corrected chi connectivity index (χ3v) is 4.59. The van der Waals surface area contributed by atoms with Crippen LogP contribution in [0.2, 0.25) is 0 Å². The minimum absolute atomic E-state index is 0.0193. The lowest BCUT2D eigenvalue weighted by atomic mass is 10.2. The lowest BCUT2D eigenvalue weighted by molar-refractivity contribution is -0.115. The van der Waals surface area contributed by atoms with Crippen LogP contribution in [0.15, 0.2) is 11.9 Å². The largest absolute Gasteiger partial charge is 0.459 e. The first kappa shape index (κ1) is 16.0. The molecule has 0 unspecified atom stereocenters. The summed E-state index contributed by atoms with van der Waals surface area (Å²) < 4.78 is 7.51. The van der Waals surface area contributed by atoms with Crippen molar-refractivity contribution >= 4 is 29.6 Å². The topological polar surface area (TPSA) is 135 Å². The second-order valence-corrected chi connectivity index (χ2v) is 6.78. The van der Waals surface area contributed by atoms with Crippen LogP contribution in [-0.2, 0) is 4.79 Å². The van der Waals surface area contributed by atoms with Crippen molar-refractivity contribution in [3.63, 3.8) is 0 Å². The number of fused-ring (bicyclic) bond motifs is 1. The lowest BCUT2D eigenvalue weighted by Gasteiger charge is -2.13. The van der Waals surface area contributed by atoms with Crippen LogP contribution < -0.4 is 26.0 Å². The van der Waals surface area contributed by atoms with Gasteiger partial charge in [-0.2, -0.15) is 19.6 Å². The number of hydrogen-bond acceptors (Lipinski definition) is 8. The summed E-state index contributed by atoms with van der Waals surface area (Å²) >= 11 is 0. The standard InChI is InChI=1S/C16H18N8O3/c25-13-11(20-15(26)22-13)5-8-6-18-24-12(8)21-16(27-10-3-4-17-7-10)23-14(24)19-9-1-2-9/h5-6,9-10,17H,1-4,7H2,(H,19,21,23)(H2,20,22,25,26)/b11-5-/t10-/m1/s1. The highest BCUT2D eigenvalue weighted by Crippen LogP contribution is 2.26. The Morgan fingerprint density at radius 1 is 1.22 bits per heavy atom. The fraction of sp³-hybridized carbons (Fsp3) is 0.438. The first-order chi connectivity index (χ1) is 13.2. The van der Waals surface area contributed by atoms with Crippen molar-refractivity contribution in [3.05, 3.63) is 17.5 Å². The third kappa shape index (κ3) is 3.16. The molecule has 3 amide bonds. The molecule has 3 aliphatic rings. The Morgan fingerprint density at radius 3 is 2.81 bits per heavy atom. The van der Waals surface area contributed by atoms with Gasteiger partial charge in [-0.1, -0.05) is 0 Å². The van der Waals surface area contributed by atoms with E-state index in [2.05, 4.69) is 36.3 Å². The van der Waals surface area contributed by atoms with Crippen LogP contribution in [0.25, 0.3) is 11.7 Å². The van der Waals surface area contributed by atoms with E-state index < -0.39 is 11.9 Å². The fourth-order valence-corrected chi connectivity index (χ4v) is 3.05. The predicted octanol–water partition coefficient (Wildman–Crippen LogP) is -0.380. The SMILES string of the molecule is O=C1NC(=O)/C(=C/c2cnn3c(NC4CC4)nc(O[C@@H]4CCNC4)nc23)N1. The molecule has 1 aliphatic carbocycles. The monoisotopic (exact) mass is 370 g/mol. The number of carbonyl (C=O) groups excluding carboxylic acids is 2. The van der Waals surface area contributed by atoms with Crippen LogP contribution in [0.3, 0.4) is 0 Å². The lowest BCUT2D eigenvalue weighted by Crippen LogP contribution is -2.22. The zero-order chi connectivity index (χ0) is 18.4. The molecule has 2 aromatic rings. The van der Waals surface area contributed by atoms with E-state index in [-0.39, 0.29) is 17.8 Å². The number of ether oxygens (including phenoxy) is 1. The summed E-state index contributed by atoms with van der Waals surface area (Å²) in [5.74, 6) is 0.0613. The molecule has 0 bridgehead atoms. The van der Waals surface area contributed by atoms with Crippen molar-refractivity contribution in [1.29, 1.82) is 0 Å². The Hall–Kier alpha value is -3.21. The van der Waals surface area contributed by atoms with Gasteiger partial charge in [0.25, 0.3) is 5.91 Å². The highest BCUT2D eigenvalue weighted by atomic mass is 16.5. The van der Waals surface area contributed by atoms with E-state index in [0.717, 1.165) is 32.4 Å². The normalized spacial score (nSPS) is 23.7. The van der Waals surface area contributed by atoms with E-state index >= 15 is 0 Å². The molecule has 0 radical (unpaired) electrons. The van der Waals surface area contributed by atoms with Gasteiger partial charge in [0.15, 0.2) is 5.65 Å². The predicted molar refractivity (Wildman–Crippen MR) is 94.0 cm³/mol. The number of hydrogen-bond donors (Lipinski definition) is 4. The van der Waals surface area contributed by atoms with Gasteiger partial charge in [0.1, 0.15) is 11.8 Å². The van der Waals surface area contributed by atoms with E-state index in [9.17, 15) is 9.59 Å². The molecule has 2 aromatic heterocycles. The highest BCUT2D eigenvalue weighted by molar-refractivity contribution is 6.14. The van der Waals surface area contributed by atoms with Gasteiger partial charge in [0, 0.05) is 18.2 Å². The number of amides is 3. The minimum Gasteiger partial charge on any atom is -0.459 e. The molecule has 4 N–H and O–H groups in total. The molecule has 4 heterocycles. The Labute approximate surface area is 153 Å². The molecule has 1 atom stereocenters. The number of rotatable bonds is 5. The number of carbonyl (C=O) groups is 2. The maximum absolute atomic E-state index is 11.8. The molecule has 11 nitrogen and oxygen atoms in total. The molecule has 27 heavy (non-hydrogen) atoms. The molecule has 140 valence electrons. The van der Waals surface area contributed by atoms with Gasteiger partial charge in [-0.05, 0) is 31.9 Å². The molecule has 5 rings (SSSR count). The smallest absolute Gasteiger partial charge is 0.326 e. The first-order valence-corrected chi connectivity index (χ1v) is 8.89. The van der Waals surface area contributed by atoms with Crippen LogP contribution in [0.1, 0.15) is 24.8 Å². The number of urea groups is 1. The first-order valence-electron chi connectivity index (χ1n) is 8.89. The van der Waals surface area contributed by atoms with Crippen LogP contribution in [-0.4, -0.2) is 56.8 Å². The Morgan fingerprint density at radius 2 is 2.11 bits per heavy atom. The molecule has 2 saturated heterocycles. The van der Waals surface area contributed by atoms with Crippen molar-refractivity contribution in [2.45, 2.75) is 31.4 Å². The molecule has 1 saturated carbocycles. The van der Waals surface area contributed by atoms with Gasteiger partial charge < -0.3 is 20.7 Å². The summed E-state index contributed by atoms with van der Waals surface area (Å²) in [5, 5.41) is 15.5. The Balaban J connectivity index is 1.54. The summed E-state index contributed by atoms with van der Waals surface area (Å²) in [6.07, 6.45) is 6.19. The fourth-order valence-electron chi connectivity index (χ4n) is 3.05. The number of anilines is 1. The van der Waals surface area contributed by atoms with Crippen LogP contribution >= 0.6 is 0 Å². The average Bonchev–Trinajstić information content (AvgIpc) is 3.01. The molecule has 3 fully saturated rings. The van der Waals surface area contributed by atoms with Gasteiger partial charge in [0.05, 0.1) is 6.20 Å². The second kappa shape index (κ2) is 6.20. The Kier molecular flexibility index (Phi) is 3.67. The average molecular weight is 370 g/mol.